The summed E-state index contributed by atoms with van der Waals surface area (Å²) in [6, 6.07) is 13.3. The van der Waals surface area contributed by atoms with Gasteiger partial charge in [-0.1, -0.05) is 29.8 Å². The second-order valence-corrected chi connectivity index (χ2v) is 7.91. The molecule has 0 heterocycles. The maximum Gasteiger partial charge on any atom is 0.248 e. The highest BCUT2D eigenvalue weighted by atomic mass is 35.5. The summed E-state index contributed by atoms with van der Waals surface area (Å²) in [4.78, 5) is 24.2. The Morgan fingerprint density at radius 2 is 1.47 bits per heavy atom. The summed E-state index contributed by atoms with van der Waals surface area (Å²) in [5, 5.41) is 0.292. The fraction of sp³-hybridized carbons (Fsp3) is 0.185. The minimum Gasteiger partial charge on any atom is -0.493 e. The van der Waals surface area contributed by atoms with Gasteiger partial charge in [0, 0.05) is 11.1 Å². The van der Waals surface area contributed by atoms with Crippen molar-refractivity contribution < 1.29 is 33.3 Å². The van der Waals surface area contributed by atoms with Crippen LogP contribution in [0.5, 0.6) is 28.7 Å². The summed E-state index contributed by atoms with van der Waals surface area (Å²) in [5.41, 5.74) is 7.44. The molecule has 0 aliphatic heterocycles. The van der Waals surface area contributed by atoms with Crippen LogP contribution in [-0.2, 0) is 6.61 Å². The minimum atomic E-state index is -0.523. The molecule has 3 aromatic rings. The lowest BCUT2D eigenvalue weighted by Gasteiger charge is -2.14. The molecule has 0 saturated heterocycles. The van der Waals surface area contributed by atoms with E-state index in [1.807, 2.05) is 0 Å². The molecule has 36 heavy (non-hydrogen) atoms. The molecule has 0 unspecified atom stereocenters. The summed E-state index contributed by atoms with van der Waals surface area (Å²) < 4.78 is 27.2. The fourth-order valence-corrected chi connectivity index (χ4v) is 3.71. The Kier molecular flexibility index (Phi) is 8.81. The van der Waals surface area contributed by atoms with E-state index in [2.05, 4.69) is 0 Å². The molecule has 3 aromatic carbocycles. The van der Waals surface area contributed by atoms with Crippen LogP contribution in [0.1, 0.15) is 31.8 Å². The van der Waals surface area contributed by atoms with E-state index in [9.17, 15) is 9.59 Å². The van der Waals surface area contributed by atoms with Gasteiger partial charge in [0.2, 0.25) is 11.7 Å². The van der Waals surface area contributed by atoms with Crippen LogP contribution in [0, 0.1) is 0 Å². The number of halogens is 1. The third-order valence-electron chi connectivity index (χ3n) is 5.22. The van der Waals surface area contributed by atoms with E-state index in [0.29, 0.717) is 50.5 Å². The van der Waals surface area contributed by atoms with Gasteiger partial charge < -0.3 is 29.4 Å². The van der Waals surface area contributed by atoms with Crippen LogP contribution in [0.15, 0.2) is 54.6 Å². The van der Waals surface area contributed by atoms with E-state index in [1.165, 1.54) is 34.5 Å². The quantitative estimate of drug-likeness (QED) is 0.287. The first kappa shape index (κ1) is 26.4. The Labute approximate surface area is 214 Å². The number of benzene rings is 3. The second-order valence-electron chi connectivity index (χ2n) is 7.50. The highest BCUT2D eigenvalue weighted by Crippen LogP contribution is 2.39. The normalized spacial score (nSPS) is 10.7. The summed E-state index contributed by atoms with van der Waals surface area (Å²) in [7, 11) is 5.94. The Hall–Kier alpha value is -4.17. The zero-order valence-corrected chi connectivity index (χ0v) is 21.0. The zero-order valence-electron chi connectivity index (χ0n) is 20.3. The van der Waals surface area contributed by atoms with Gasteiger partial charge in [0.05, 0.1) is 33.5 Å². The van der Waals surface area contributed by atoms with Crippen LogP contribution in [0.3, 0.4) is 0 Å². The molecule has 0 fully saturated rings. The summed E-state index contributed by atoms with van der Waals surface area (Å²) in [6.07, 6.45) is 3.02. The number of rotatable bonds is 11. The van der Waals surface area contributed by atoms with Gasteiger partial charge in [-0.3, -0.25) is 9.59 Å². The molecule has 0 radical (unpaired) electrons. The Balaban J connectivity index is 1.81. The van der Waals surface area contributed by atoms with Gasteiger partial charge in [-0.2, -0.15) is 0 Å². The average molecular weight is 512 g/mol. The molecular formula is C27H26ClNO7. The van der Waals surface area contributed by atoms with Crippen LogP contribution in [0.25, 0.3) is 6.08 Å². The number of hydrogen-bond donors (Lipinski definition) is 1. The smallest absolute Gasteiger partial charge is 0.248 e. The summed E-state index contributed by atoms with van der Waals surface area (Å²) >= 11 is 6.46. The predicted molar refractivity (Wildman–Crippen MR) is 137 cm³/mol. The largest absolute Gasteiger partial charge is 0.493 e. The van der Waals surface area contributed by atoms with Crippen molar-refractivity contribution in [1.82, 2.24) is 0 Å². The van der Waals surface area contributed by atoms with Gasteiger partial charge in [0.25, 0.3) is 0 Å². The molecule has 0 aliphatic rings. The minimum absolute atomic E-state index is 0.145. The van der Waals surface area contributed by atoms with Crippen molar-refractivity contribution in [3.05, 3.63) is 81.9 Å². The molecule has 0 aliphatic carbocycles. The standard InChI is InChI=1S/C27H26ClNO7/c1-32-22-12-16(8-9-21(30)19-13-23(33-2)26(35-4)24(14-19)34-3)11-20(28)25(22)36-15-17-6-5-7-18(10-17)27(29)31/h5-14H,15H2,1-4H3,(H2,29,31)/b9-8+. The fourth-order valence-electron chi connectivity index (χ4n) is 3.44. The number of ketones is 1. The van der Waals surface area contributed by atoms with E-state index in [-0.39, 0.29) is 12.4 Å². The van der Waals surface area contributed by atoms with Crippen LogP contribution in [0.4, 0.5) is 0 Å². The van der Waals surface area contributed by atoms with Crippen LogP contribution in [0.2, 0.25) is 5.02 Å². The van der Waals surface area contributed by atoms with Gasteiger partial charge in [-0.15, -0.1) is 0 Å². The Bertz CT molecular complexity index is 1280. The average Bonchev–Trinajstić information content (AvgIpc) is 2.89. The first-order valence-electron chi connectivity index (χ1n) is 10.7. The number of nitrogens with two attached hydrogens (primary N) is 1. The van der Waals surface area contributed by atoms with Crippen LogP contribution >= 0.6 is 11.6 Å². The van der Waals surface area contributed by atoms with Gasteiger partial charge in [0.1, 0.15) is 6.61 Å². The molecule has 0 saturated carbocycles. The number of hydrogen-bond acceptors (Lipinski definition) is 7. The molecule has 3 rings (SSSR count). The monoisotopic (exact) mass is 511 g/mol. The first-order valence-corrected chi connectivity index (χ1v) is 11.1. The third-order valence-corrected chi connectivity index (χ3v) is 5.50. The van der Waals surface area contributed by atoms with Crippen molar-refractivity contribution in [3.8, 4) is 28.7 Å². The Morgan fingerprint density at radius 3 is 2.06 bits per heavy atom. The highest BCUT2D eigenvalue weighted by molar-refractivity contribution is 6.32. The van der Waals surface area contributed by atoms with Crippen molar-refractivity contribution in [2.24, 2.45) is 5.73 Å². The number of ether oxygens (including phenoxy) is 5. The molecule has 9 heteroatoms. The van der Waals surface area contributed by atoms with Crippen LogP contribution in [-0.4, -0.2) is 40.1 Å². The van der Waals surface area contributed by atoms with E-state index >= 15 is 0 Å². The number of amides is 1. The van der Waals surface area contributed by atoms with Crippen molar-refractivity contribution in [1.29, 1.82) is 0 Å². The number of carbonyl (C=O) groups is 2. The van der Waals surface area contributed by atoms with Crippen molar-refractivity contribution in [2.75, 3.05) is 28.4 Å². The maximum absolute atomic E-state index is 12.8. The molecule has 0 atom stereocenters. The van der Waals surface area contributed by atoms with E-state index in [1.54, 1.807) is 54.6 Å². The van der Waals surface area contributed by atoms with Gasteiger partial charge in [0.15, 0.2) is 28.8 Å². The molecule has 0 aromatic heterocycles. The lowest BCUT2D eigenvalue weighted by molar-refractivity contribution is 0.0998. The number of carbonyl (C=O) groups excluding carboxylic acids is 2. The van der Waals surface area contributed by atoms with Crippen molar-refractivity contribution >= 4 is 29.4 Å². The molecule has 2 N–H and O–H groups in total. The van der Waals surface area contributed by atoms with E-state index in [0.717, 1.165) is 5.56 Å². The SMILES string of the molecule is COc1cc(/C=C/C(=O)c2cc(OC)c(OC)c(OC)c2)cc(Cl)c1OCc1cccc(C(N)=O)c1. The van der Waals surface area contributed by atoms with Crippen molar-refractivity contribution in [2.45, 2.75) is 6.61 Å². The van der Waals surface area contributed by atoms with E-state index in [4.69, 9.17) is 41.0 Å². The molecular weight excluding hydrogens is 486 g/mol. The first-order chi connectivity index (χ1) is 17.3. The van der Waals surface area contributed by atoms with E-state index < -0.39 is 5.91 Å². The molecule has 0 bridgehead atoms. The highest BCUT2D eigenvalue weighted by Gasteiger charge is 2.16. The zero-order chi connectivity index (χ0) is 26.2. The summed E-state index contributed by atoms with van der Waals surface area (Å²) in [5.74, 6) is 1.06. The lowest BCUT2D eigenvalue weighted by Crippen LogP contribution is -2.11. The Morgan fingerprint density at radius 1 is 0.833 bits per heavy atom. The maximum atomic E-state index is 12.8. The van der Waals surface area contributed by atoms with Crippen LogP contribution < -0.4 is 29.4 Å². The topological polar surface area (TPSA) is 106 Å². The van der Waals surface area contributed by atoms with Gasteiger partial charge >= 0.3 is 0 Å². The second kappa shape index (κ2) is 12.0. The number of primary amides is 1. The molecule has 1 amide bonds. The van der Waals surface area contributed by atoms with Crippen molar-refractivity contribution in [3.63, 3.8) is 0 Å². The van der Waals surface area contributed by atoms with Gasteiger partial charge in [-0.05, 0) is 53.6 Å². The van der Waals surface area contributed by atoms with Gasteiger partial charge in [-0.25, -0.2) is 0 Å². The molecule has 0 spiro atoms. The summed E-state index contributed by atoms with van der Waals surface area (Å²) in [6.45, 7) is 0.145. The predicted octanol–water partition coefficient (Wildman–Crippen LogP) is 4.95. The molecule has 188 valence electrons. The molecule has 8 nitrogen and oxygen atoms in total. The third kappa shape index (κ3) is 6.09. The lowest BCUT2D eigenvalue weighted by atomic mass is 10.1. The number of allylic oxidation sites excluding steroid dienone is 1. The number of methoxy groups -OCH3 is 4.